The first-order valence-electron chi connectivity index (χ1n) is 9.43. The van der Waals surface area contributed by atoms with Crippen LogP contribution in [0.3, 0.4) is 0 Å². The van der Waals surface area contributed by atoms with E-state index in [1.165, 1.54) is 70.0 Å². The van der Waals surface area contributed by atoms with E-state index in [1.807, 2.05) is 11.8 Å². The maximum atomic E-state index is 5.38. The second-order valence-electron chi connectivity index (χ2n) is 7.26. The zero-order valence-electron chi connectivity index (χ0n) is 16.2. The second-order valence-corrected chi connectivity index (χ2v) is 9.03. The van der Waals surface area contributed by atoms with Crippen molar-refractivity contribution in [2.75, 3.05) is 12.3 Å². The Morgan fingerprint density at radius 3 is 1.78 bits per heavy atom. The van der Waals surface area contributed by atoms with E-state index in [9.17, 15) is 0 Å². The molecule has 0 aliphatic heterocycles. The Hall–Kier alpha value is 0.863. The zero-order chi connectivity index (χ0) is 16.6. The molecule has 0 fully saturated rings. The van der Waals surface area contributed by atoms with Crippen LogP contribution >= 0.6 is 24.0 Å². The van der Waals surface area contributed by atoms with Crippen molar-refractivity contribution in [3.05, 3.63) is 0 Å². The van der Waals surface area contributed by atoms with Crippen LogP contribution in [0.2, 0.25) is 0 Å². The summed E-state index contributed by atoms with van der Waals surface area (Å²) in [5.74, 6) is 2.89. The summed E-state index contributed by atoms with van der Waals surface area (Å²) in [6, 6.07) is 0. The van der Waals surface area contributed by atoms with Crippen molar-refractivity contribution >= 4 is 28.3 Å². The molecule has 0 aromatic rings. The van der Waals surface area contributed by atoms with Gasteiger partial charge in [-0.25, -0.2) is 0 Å². The molecule has 23 heavy (non-hydrogen) atoms. The monoisotopic (exact) mass is 409 g/mol. The van der Waals surface area contributed by atoms with Crippen LogP contribution in [0.1, 0.15) is 91.9 Å². The van der Waals surface area contributed by atoms with Crippen LogP contribution < -0.4 is 5.32 Å². The molecule has 1 nitrogen and oxygen atoms in total. The molecule has 0 atom stereocenters. The minimum atomic E-state index is 0. The fourth-order valence-corrected chi connectivity index (χ4v) is 3.54. The van der Waals surface area contributed by atoms with Crippen LogP contribution in [0.5, 0.6) is 0 Å². The minimum absolute atomic E-state index is 0. The van der Waals surface area contributed by atoms with Gasteiger partial charge >= 0.3 is 0 Å². The van der Waals surface area contributed by atoms with E-state index in [0.717, 1.165) is 22.7 Å². The first kappa shape index (κ1) is 26.1. The molecule has 0 bridgehead atoms. The molecule has 0 rings (SSSR count). The Kier molecular flexibility index (Phi) is 21.8. The first-order valence-corrected chi connectivity index (χ1v) is 10.8. The molecule has 0 unspecified atom stereocenters. The van der Waals surface area contributed by atoms with Crippen LogP contribution in [0.4, 0.5) is 0 Å². The molecule has 0 aromatic carbocycles. The van der Waals surface area contributed by atoms with Gasteiger partial charge in [0.25, 0.3) is 0 Å². The van der Waals surface area contributed by atoms with Crippen molar-refractivity contribution in [3.8, 4) is 0 Å². The van der Waals surface area contributed by atoms with Crippen molar-refractivity contribution in [2.24, 2.45) is 11.8 Å². The second kappa shape index (κ2) is 19.2. The fourth-order valence-electron chi connectivity index (χ4n) is 2.45. The zero-order valence-corrected chi connectivity index (χ0v) is 20.8. The van der Waals surface area contributed by atoms with Gasteiger partial charge in [0.05, 0.1) is 0 Å². The third-order valence-corrected chi connectivity index (χ3v) is 5.28. The molecule has 0 spiro atoms. The quantitative estimate of drug-likeness (QED) is 0.192. The molecule has 4 heteroatoms. The molecule has 0 heterocycles. The van der Waals surface area contributed by atoms with E-state index in [-0.39, 0.29) is 19.5 Å². The molecular weight excluding hydrogens is 372 g/mol. The van der Waals surface area contributed by atoms with Crippen LogP contribution in [-0.4, -0.2) is 16.6 Å². The van der Waals surface area contributed by atoms with E-state index >= 15 is 0 Å². The number of unbranched alkanes of at least 4 members (excludes halogenated alkanes) is 6. The molecule has 0 aromatic heterocycles. The van der Waals surface area contributed by atoms with E-state index in [4.69, 9.17) is 12.2 Å². The number of hydrogen-bond donors (Lipinski definition) is 1. The van der Waals surface area contributed by atoms with Gasteiger partial charge in [-0.15, -0.1) is 0 Å². The molecule has 0 aliphatic rings. The Labute approximate surface area is 168 Å². The summed E-state index contributed by atoms with van der Waals surface area (Å²) in [5, 5.41) is 3.39. The summed E-state index contributed by atoms with van der Waals surface area (Å²) in [6.45, 7) is 10.3. The fraction of sp³-hybridized carbons (Fsp3) is 0.947. The van der Waals surface area contributed by atoms with Crippen molar-refractivity contribution in [2.45, 2.75) is 91.9 Å². The maximum absolute atomic E-state index is 5.38. The number of thiocarbonyl (C=S) groups is 1. The van der Waals surface area contributed by atoms with Gasteiger partial charge < -0.3 is 5.32 Å². The number of hydrogen-bond acceptors (Lipinski definition) is 2. The van der Waals surface area contributed by atoms with Gasteiger partial charge in [0.15, 0.2) is 0 Å². The van der Waals surface area contributed by atoms with Crippen LogP contribution in [0.15, 0.2) is 0 Å². The van der Waals surface area contributed by atoms with E-state index in [0.29, 0.717) is 0 Å². The summed E-state index contributed by atoms with van der Waals surface area (Å²) in [6.07, 6.45) is 13.5. The molecule has 0 aliphatic carbocycles. The van der Waals surface area contributed by atoms with Crippen LogP contribution in [0, 0.1) is 11.8 Å². The molecule has 1 N–H and O–H groups in total. The van der Waals surface area contributed by atoms with Crippen molar-refractivity contribution in [1.82, 2.24) is 5.32 Å². The normalized spacial score (nSPS) is 10.9. The third-order valence-electron chi connectivity index (χ3n) is 3.89. The molecule has 0 radical (unpaired) electrons. The standard InChI is InChI=1S/C19H39NS2.Zn/c1-17(2)13-9-5-7-11-15-20-19(21)22-16-12-8-6-10-14-18(3)4;/h17-18H,5-16H2,1-4H3,(H,20,21);. The SMILES string of the molecule is CC(C)CCCCCCNC(=S)SCCCCCCC(C)C.[Zn]. The summed E-state index contributed by atoms with van der Waals surface area (Å²) < 4.78 is 1.00. The van der Waals surface area contributed by atoms with Gasteiger partial charge in [-0.2, -0.15) is 0 Å². The van der Waals surface area contributed by atoms with Gasteiger partial charge in [0, 0.05) is 31.8 Å². The van der Waals surface area contributed by atoms with Crippen molar-refractivity contribution in [3.63, 3.8) is 0 Å². The Bertz CT molecular complexity index is 234. The van der Waals surface area contributed by atoms with Crippen LogP contribution in [-0.2, 0) is 19.5 Å². The van der Waals surface area contributed by atoms with Crippen LogP contribution in [0.25, 0.3) is 0 Å². The summed E-state index contributed by atoms with van der Waals surface area (Å²) in [5.41, 5.74) is 0. The number of rotatable bonds is 14. The third kappa shape index (κ3) is 22.9. The maximum Gasteiger partial charge on any atom is 0.133 e. The number of thioether (sulfide) groups is 1. The summed E-state index contributed by atoms with van der Waals surface area (Å²) >= 11 is 7.21. The summed E-state index contributed by atoms with van der Waals surface area (Å²) in [4.78, 5) is 0. The van der Waals surface area contributed by atoms with E-state index < -0.39 is 0 Å². The van der Waals surface area contributed by atoms with E-state index in [2.05, 4.69) is 33.0 Å². The largest absolute Gasteiger partial charge is 0.371 e. The minimum Gasteiger partial charge on any atom is -0.371 e. The predicted octanol–water partition coefficient (Wildman–Crippen LogP) is 6.80. The van der Waals surface area contributed by atoms with Gasteiger partial charge in [-0.05, 0) is 24.7 Å². The number of nitrogens with one attached hydrogen (secondary N) is 1. The van der Waals surface area contributed by atoms with E-state index in [1.54, 1.807) is 0 Å². The van der Waals surface area contributed by atoms with Crippen molar-refractivity contribution < 1.29 is 19.5 Å². The first-order chi connectivity index (χ1) is 10.5. The molecule has 0 saturated heterocycles. The van der Waals surface area contributed by atoms with Crippen molar-refractivity contribution in [1.29, 1.82) is 0 Å². The molecule has 134 valence electrons. The Morgan fingerprint density at radius 2 is 1.26 bits per heavy atom. The predicted molar refractivity (Wildman–Crippen MR) is 109 cm³/mol. The topological polar surface area (TPSA) is 12.0 Å². The molecular formula is C19H39NS2Zn. The Morgan fingerprint density at radius 1 is 0.783 bits per heavy atom. The smallest absolute Gasteiger partial charge is 0.133 e. The summed E-state index contributed by atoms with van der Waals surface area (Å²) in [7, 11) is 0. The average molecular weight is 411 g/mol. The van der Waals surface area contributed by atoms with Gasteiger partial charge in [-0.1, -0.05) is 103 Å². The van der Waals surface area contributed by atoms with Gasteiger partial charge in [-0.3, -0.25) is 0 Å². The Balaban J connectivity index is 0. The van der Waals surface area contributed by atoms with Gasteiger partial charge in [0.2, 0.25) is 0 Å². The molecule has 0 amide bonds. The van der Waals surface area contributed by atoms with Gasteiger partial charge in [0.1, 0.15) is 4.32 Å². The average Bonchev–Trinajstić information content (AvgIpc) is 2.44. The molecule has 0 saturated carbocycles.